The number of aliphatic hydroxyl groups is 1. The number of ether oxygens (including phenoxy) is 2. The predicted molar refractivity (Wildman–Crippen MR) is 96.5 cm³/mol. The number of rotatable bonds is 4. The van der Waals surface area contributed by atoms with Crippen molar-refractivity contribution in [3.05, 3.63) is 34.6 Å². The number of halogens is 2. The summed E-state index contributed by atoms with van der Waals surface area (Å²) in [6.45, 7) is -0.0219. The van der Waals surface area contributed by atoms with E-state index in [2.05, 4.69) is 15.0 Å². The summed E-state index contributed by atoms with van der Waals surface area (Å²) >= 11 is 11.9. The molecule has 8 nitrogen and oxygen atoms in total. The predicted octanol–water partition coefficient (Wildman–Crippen LogP) is 3.18. The van der Waals surface area contributed by atoms with Crippen molar-refractivity contribution in [1.29, 1.82) is 0 Å². The average Bonchev–Trinajstić information content (AvgIpc) is 3.24. The Kier molecular flexibility index (Phi) is 4.58. The molecule has 0 bridgehead atoms. The van der Waals surface area contributed by atoms with Crippen molar-refractivity contribution >= 4 is 40.2 Å². The van der Waals surface area contributed by atoms with Crippen LogP contribution < -0.4 is 10.5 Å². The molecule has 3 aromatic rings. The molecule has 1 aliphatic heterocycles. The maximum absolute atomic E-state index is 9.25. The minimum absolute atomic E-state index is 0.0219. The summed E-state index contributed by atoms with van der Waals surface area (Å²) in [6, 6.07) is 4.90. The molecule has 0 unspecified atom stereocenters. The Morgan fingerprint density at radius 3 is 2.85 bits per heavy atom. The van der Waals surface area contributed by atoms with Crippen LogP contribution in [-0.4, -0.2) is 37.3 Å². The van der Waals surface area contributed by atoms with E-state index in [1.807, 2.05) is 0 Å². The molecule has 4 rings (SSSR count). The molecule has 1 saturated heterocycles. The first-order valence-electron chi connectivity index (χ1n) is 7.94. The number of hydrogen-bond acceptors (Lipinski definition) is 7. The zero-order chi connectivity index (χ0) is 18.3. The average molecular weight is 396 g/mol. The Balaban J connectivity index is 1.68. The van der Waals surface area contributed by atoms with Crippen molar-refractivity contribution < 1.29 is 14.6 Å². The highest BCUT2D eigenvalue weighted by atomic mass is 35.5. The summed E-state index contributed by atoms with van der Waals surface area (Å²) in [5.74, 6) is 0.627. The van der Waals surface area contributed by atoms with Crippen LogP contribution in [0, 0.1) is 0 Å². The van der Waals surface area contributed by atoms with Crippen LogP contribution in [0.4, 0.5) is 5.82 Å². The van der Waals surface area contributed by atoms with Gasteiger partial charge in [0.05, 0.1) is 29.1 Å². The van der Waals surface area contributed by atoms with E-state index in [0.29, 0.717) is 27.0 Å². The minimum atomic E-state index is -0.274. The fraction of sp³-hybridized carbons (Fsp3) is 0.312. The quantitative estimate of drug-likeness (QED) is 0.697. The molecule has 1 aliphatic rings. The first kappa shape index (κ1) is 17.3. The number of imidazole rings is 1. The molecular formula is C16H15Cl2N5O3. The van der Waals surface area contributed by atoms with Crippen molar-refractivity contribution in [2.45, 2.75) is 25.2 Å². The molecule has 0 radical (unpaired) electrons. The summed E-state index contributed by atoms with van der Waals surface area (Å²) in [6.07, 6.45) is 2.63. The number of nitrogen functional groups attached to an aromatic ring is 1. The number of benzene rings is 1. The van der Waals surface area contributed by atoms with Gasteiger partial charge in [-0.05, 0) is 25.0 Å². The van der Waals surface area contributed by atoms with Crippen molar-refractivity contribution in [3.8, 4) is 11.8 Å². The zero-order valence-electron chi connectivity index (χ0n) is 13.5. The summed E-state index contributed by atoms with van der Waals surface area (Å²) in [4.78, 5) is 12.8. The molecule has 1 aromatic carbocycles. The fourth-order valence-corrected chi connectivity index (χ4v) is 3.13. The van der Waals surface area contributed by atoms with Gasteiger partial charge in [0.15, 0.2) is 17.0 Å². The lowest BCUT2D eigenvalue weighted by atomic mass is 10.2. The smallest absolute Gasteiger partial charge is 0.326 e. The minimum Gasteiger partial charge on any atom is -0.424 e. The van der Waals surface area contributed by atoms with E-state index >= 15 is 0 Å². The molecule has 26 heavy (non-hydrogen) atoms. The molecule has 0 amide bonds. The Labute approximate surface area is 158 Å². The van der Waals surface area contributed by atoms with E-state index in [1.165, 1.54) is 0 Å². The molecule has 2 atom stereocenters. The zero-order valence-corrected chi connectivity index (χ0v) is 15.0. The van der Waals surface area contributed by atoms with Gasteiger partial charge in [0.2, 0.25) is 0 Å². The lowest BCUT2D eigenvalue weighted by molar-refractivity contribution is -0.0207. The van der Waals surface area contributed by atoms with Crippen molar-refractivity contribution in [3.63, 3.8) is 0 Å². The number of fused-ring (bicyclic) bond motifs is 1. The third-order valence-corrected chi connectivity index (χ3v) is 4.87. The van der Waals surface area contributed by atoms with E-state index in [4.69, 9.17) is 38.4 Å². The van der Waals surface area contributed by atoms with Crippen LogP contribution in [0.1, 0.15) is 19.1 Å². The summed E-state index contributed by atoms with van der Waals surface area (Å²) in [5.41, 5.74) is 6.95. The highest BCUT2D eigenvalue weighted by molar-refractivity contribution is 6.42. The summed E-state index contributed by atoms with van der Waals surface area (Å²) < 4.78 is 13.2. The molecule has 10 heteroatoms. The molecule has 136 valence electrons. The van der Waals surface area contributed by atoms with Crippen LogP contribution in [0.5, 0.6) is 11.8 Å². The van der Waals surface area contributed by atoms with Gasteiger partial charge in [-0.25, -0.2) is 4.98 Å². The van der Waals surface area contributed by atoms with Gasteiger partial charge in [-0.3, -0.25) is 4.57 Å². The number of aromatic nitrogens is 4. The number of anilines is 1. The molecule has 0 spiro atoms. The summed E-state index contributed by atoms with van der Waals surface area (Å²) in [5, 5.41) is 10.0. The van der Waals surface area contributed by atoms with Gasteiger partial charge >= 0.3 is 6.01 Å². The molecule has 3 heterocycles. The number of nitrogens with zero attached hydrogens (tertiary/aromatic N) is 4. The second-order valence-electron chi connectivity index (χ2n) is 5.87. The first-order valence-corrected chi connectivity index (χ1v) is 8.70. The third kappa shape index (κ3) is 3.16. The van der Waals surface area contributed by atoms with E-state index in [1.54, 1.807) is 29.1 Å². The largest absolute Gasteiger partial charge is 0.424 e. The molecule has 0 saturated carbocycles. The van der Waals surface area contributed by atoms with Crippen LogP contribution in [0.2, 0.25) is 10.0 Å². The standard InChI is InChI=1S/C16H15Cl2N5O3/c17-10-3-1-8(5-11(10)18)26-16-21-14(19)13-15(22-16)23(7-20-13)12-4-2-9(6-24)25-12/h1,3,5,7,9,12,24H,2,4,6H2,(H2,19,21,22)/t9-,12+/m0/s1. The second kappa shape index (κ2) is 6.88. The van der Waals surface area contributed by atoms with Crippen LogP contribution in [-0.2, 0) is 4.74 Å². The van der Waals surface area contributed by atoms with Gasteiger partial charge in [0.1, 0.15) is 12.0 Å². The topological polar surface area (TPSA) is 108 Å². The number of aliphatic hydroxyl groups excluding tert-OH is 1. The Hall–Kier alpha value is -2.13. The molecule has 0 aliphatic carbocycles. The van der Waals surface area contributed by atoms with Gasteiger partial charge in [-0.2, -0.15) is 9.97 Å². The fourth-order valence-electron chi connectivity index (χ4n) is 2.85. The monoisotopic (exact) mass is 395 g/mol. The first-order chi connectivity index (χ1) is 12.5. The Morgan fingerprint density at radius 2 is 2.12 bits per heavy atom. The van der Waals surface area contributed by atoms with Gasteiger partial charge < -0.3 is 20.3 Å². The van der Waals surface area contributed by atoms with Crippen LogP contribution >= 0.6 is 23.2 Å². The maximum atomic E-state index is 9.25. The van der Waals surface area contributed by atoms with Crippen molar-refractivity contribution in [2.75, 3.05) is 12.3 Å². The molecule has 2 aromatic heterocycles. The van der Waals surface area contributed by atoms with Crippen molar-refractivity contribution in [2.24, 2.45) is 0 Å². The van der Waals surface area contributed by atoms with Gasteiger partial charge in [0.25, 0.3) is 0 Å². The van der Waals surface area contributed by atoms with E-state index < -0.39 is 0 Å². The highest BCUT2D eigenvalue weighted by Crippen LogP contribution is 2.33. The molecule has 1 fully saturated rings. The third-order valence-electron chi connectivity index (χ3n) is 4.13. The highest BCUT2D eigenvalue weighted by Gasteiger charge is 2.28. The van der Waals surface area contributed by atoms with Crippen LogP contribution in [0.3, 0.4) is 0 Å². The normalized spacial score (nSPS) is 20.0. The van der Waals surface area contributed by atoms with E-state index in [-0.39, 0.29) is 30.8 Å². The number of hydrogen-bond donors (Lipinski definition) is 2. The Morgan fingerprint density at radius 1 is 1.27 bits per heavy atom. The van der Waals surface area contributed by atoms with Gasteiger partial charge in [-0.15, -0.1) is 0 Å². The summed E-state index contributed by atoms with van der Waals surface area (Å²) in [7, 11) is 0. The lowest BCUT2D eigenvalue weighted by Gasteiger charge is -2.14. The van der Waals surface area contributed by atoms with E-state index in [9.17, 15) is 5.11 Å². The SMILES string of the molecule is Nc1nc(Oc2ccc(Cl)c(Cl)c2)nc2c1ncn2[C@H]1CC[C@@H](CO)O1. The second-order valence-corrected chi connectivity index (χ2v) is 6.68. The molecular weight excluding hydrogens is 381 g/mol. The van der Waals surface area contributed by atoms with E-state index in [0.717, 1.165) is 12.8 Å². The van der Waals surface area contributed by atoms with Gasteiger partial charge in [-0.1, -0.05) is 23.2 Å². The lowest BCUT2D eigenvalue weighted by Crippen LogP contribution is -2.14. The maximum Gasteiger partial charge on any atom is 0.326 e. The molecule has 3 N–H and O–H groups in total. The Bertz CT molecular complexity index is 964. The van der Waals surface area contributed by atoms with Crippen LogP contribution in [0.25, 0.3) is 11.2 Å². The van der Waals surface area contributed by atoms with Gasteiger partial charge in [0, 0.05) is 6.07 Å². The van der Waals surface area contributed by atoms with Crippen molar-refractivity contribution in [1.82, 2.24) is 19.5 Å². The van der Waals surface area contributed by atoms with Crippen LogP contribution in [0.15, 0.2) is 24.5 Å². The number of nitrogens with two attached hydrogens (primary N) is 1.